The van der Waals surface area contributed by atoms with Crippen molar-refractivity contribution in [1.82, 2.24) is 20.6 Å². The van der Waals surface area contributed by atoms with E-state index in [0.29, 0.717) is 36.6 Å². The number of carbonyl (C=O) groups is 3. The third kappa shape index (κ3) is 6.35. The lowest BCUT2D eigenvalue weighted by molar-refractivity contribution is -0.208. The van der Waals surface area contributed by atoms with E-state index in [2.05, 4.69) is 16.0 Å². The Balaban J connectivity index is 1.99. The van der Waals surface area contributed by atoms with E-state index >= 15 is 0 Å². The molecule has 1 fully saturated rings. The van der Waals surface area contributed by atoms with Crippen molar-refractivity contribution in [2.45, 2.75) is 69.4 Å². The van der Waals surface area contributed by atoms with Gasteiger partial charge in [0.25, 0.3) is 11.8 Å². The molecule has 2 amide bonds. The van der Waals surface area contributed by atoms with E-state index in [-0.39, 0.29) is 36.4 Å². The second-order valence-electron chi connectivity index (χ2n) is 11.3. The van der Waals surface area contributed by atoms with Gasteiger partial charge in [0.1, 0.15) is 0 Å². The molecule has 2 heterocycles. The number of hydrogen-bond donors (Lipinski definition) is 4. The van der Waals surface area contributed by atoms with Crippen molar-refractivity contribution in [2.75, 3.05) is 57.5 Å². The van der Waals surface area contributed by atoms with Crippen LogP contribution in [0, 0.1) is 5.41 Å². The Morgan fingerprint density at radius 1 is 1.23 bits per heavy atom. The molecule has 0 saturated carbocycles. The van der Waals surface area contributed by atoms with Crippen molar-refractivity contribution >= 4 is 40.9 Å². The average Bonchev–Trinajstić information content (AvgIpc) is 2.89. The lowest BCUT2D eigenvalue weighted by atomic mass is 9.97. The number of carbonyl (C=O) groups excluding carboxylic acids is 3. The topological polar surface area (TPSA) is 132 Å². The molecule has 1 aromatic rings. The molecule has 0 bridgehead atoms. The fraction of sp³-hybridized carbons (Fsp3) is 0.667. The number of nitrogens with two attached hydrogens (primary N) is 1. The molecule has 0 aliphatic carbocycles. The van der Waals surface area contributed by atoms with Crippen molar-refractivity contribution in [3.63, 3.8) is 0 Å². The maximum atomic E-state index is 14.2. The number of benzene rings is 1. The van der Waals surface area contributed by atoms with Gasteiger partial charge in [-0.05, 0) is 73.7 Å². The normalized spacial score (nSPS) is 19.6. The van der Waals surface area contributed by atoms with Crippen molar-refractivity contribution in [3.8, 4) is 0 Å². The van der Waals surface area contributed by atoms with Gasteiger partial charge in [-0.25, -0.2) is 4.79 Å². The van der Waals surface area contributed by atoms with Crippen molar-refractivity contribution in [1.29, 1.82) is 0 Å². The van der Waals surface area contributed by atoms with Crippen LogP contribution in [0.1, 0.15) is 57.8 Å². The van der Waals surface area contributed by atoms with Crippen LogP contribution in [0.15, 0.2) is 17.0 Å². The minimum absolute atomic E-state index is 0.0982. The fourth-order valence-electron chi connectivity index (χ4n) is 4.99. The van der Waals surface area contributed by atoms with Gasteiger partial charge in [0.2, 0.25) is 4.99 Å². The Kier molecular flexibility index (Phi) is 9.92. The molecule has 12 heteroatoms. The summed E-state index contributed by atoms with van der Waals surface area (Å²) in [7, 11) is 5.25. The molecule has 2 aliphatic heterocycles. The molecule has 0 radical (unpaired) electrons. The first-order valence-corrected chi connectivity index (χ1v) is 14.4. The van der Waals surface area contributed by atoms with Gasteiger partial charge in [-0.3, -0.25) is 20.2 Å². The SMILES string of the molecule is CNc1cc2c(cc1C(=O)N(C(C)C)C1CCCN(OC(=O)C(C)(C)C)C1)N(CCN)C(=O)C(NC)(NC)S2. The van der Waals surface area contributed by atoms with Crippen molar-refractivity contribution < 1.29 is 19.2 Å². The monoisotopic (exact) mass is 563 g/mol. The zero-order valence-corrected chi connectivity index (χ0v) is 25.3. The van der Waals surface area contributed by atoms with E-state index in [1.54, 1.807) is 37.2 Å². The van der Waals surface area contributed by atoms with Crippen LogP contribution in [0.3, 0.4) is 0 Å². The highest BCUT2D eigenvalue weighted by molar-refractivity contribution is 8.01. The van der Waals surface area contributed by atoms with Crippen LogP contribution in [-0.2, 0) is 14.4 Å². The summed E-state index contributed by atoms with van der Waals surface area (Å²) in [4.78, 5) is 49.3. The Hall–Kier alpha value is -2.38. The summed E-state index contributed by atoms with van der Waals surface area (Å²) in [5.74, 6) is -0.607. The van der Waals surface area contributed by atoms with Crippen molar-refractivity contribution in [2.24, 2.45) is 11.1 Å². The van der Waals surface area contributed by atoms with Gasteiger partial charge in [-0.1, -0.05) is 11.8 Å². The first-order valence-electron chi connectivity index (χ1n) is 13.6. The first kappa shape index (κ1) is 31.2. The molecule has 1 aromatic carbocycles. The summed E-state index contributed by atoms with van der Waals surface area (Å²) in [5, 5.41) is 11.1. The highest BCUT2D eigenvalue weighted by Crippen LogP contribution is 2.45. The second kappa shape index (κ2) is 12.4. The van der Waals surface area contributed by atoms with E-state index in [1.165, 1.54) is 11.8 Å². The minimum Gasteiger partial charge on any atom is -0.387 e. The number of fused-ring (bicyclic) bond motifs is 1. The number of rotatable bonds is 9. The lowest BCUT2D eigenvalue weighted by Gasteiger charge is -2.43. The van der Waals surface area contributed by atoms with Gasteiger partial charge < -0.3 is 25.7 Å². The van der Waals surface area contributed by atoms with Gasteiger partial charge >= 0.3 is 5.97 Å². The van der Waals surface area contributed by atoms with Gasteiger partial charge in [0.15, 0.2) is 0 Å². The van der Waals surface area contributed by atoms with E-state index < -0.39 is 10.4 Å². The first-order chi connectivity index (χ1) is 18.3. The highest BCUT2D eigenvalue weighted by Gasteiger charge is 2.46. The molecule has 39 heavy (non-hydrogen) atoms. The number of hydrogen-bond acceptors (Lipinski definition) is 10. The molecule has 1 saturated heterocycles. The third-order valence-corrected chi connectivity index (χ3v) is 8.56. The number of likely N-dealkylation sites (N-methyl/N-ethyl adjacent to an activating group) is 2. The number of thioether (sulfide) groups is 1. The van der Waals surface area contributed by atoms with Gasteiger partial charge in [-0.2, -0.15) is 0 Å². The molecule has 0 aromatic heterocycles. The molecular formula is C27H45N7O4S. The number of nitrogens with zero attached hydrogens (tertiary/aromatic N) is 3. The number of piperidine rings is 1. The summed E-state index contributed by atoms with van der Waals surface area (Å²) in [5.41, 5.74) is 7.09. The Labute approximate surface area is 236 Å². The van der Waals surface area contributed by atoms with Crippen LogP contribution < -0.4 is 26.6 Å². The third-order valence-electron chi connectivity index (χ3n) is 7.12. The van der Waals surface area contributed by atoms with E-state index in [1.807, 2.05) is 45.6 Å². The maximum absolute atomic E-state index is 14.2. The second-order valence-corrected chi connectivity index (χ2v) is 12.5. The summed E-state index contributed by atoms with van der Waals surface area (Å²) in [6, 6.07) is 3.48. The van der Waals surface area contributed by atoms with Gasteiger partial charge in [-0.15, -0.1) is 5.06 Å². The number of hydroxylamine groups is 2. The summed E-state index contributed by atoms with van der Waals surface area (Å²) >= 11 is 1.37. The summed E-state index contributed by atoms with van der Waals surface area (Å²) in [6.45, 7) is 11.1. The van der Waals surface area contributed by atoms with E-state index in [4.69, 9.17) is 10.6 Å². The zero-order chi connectivity index (χ0) is 29.1. The molecule has 3 rings (SSSR count). The van der Waals surface area contributed by atoms with Crippen LogP contribution in [0.5, 0.6) is 0 Å². The molecule has 0 spiro atoms. The molecule has 11 nitrogen and oxygen atoms in total. The van der Waals surface area contributed by atoms with Crippen LogP contribution >= 0.6 is 11.8 Å². The van der Waals surface area contributed by atoms with E-state index in [9.17, 15) is 14.4 Å². The zero-order valence-electron chi connectivity index (χ0n) is 24.5. The molecular weight excluding hydrogens is 518 g/mol. The smallest absolute Gasteiger partial charge is 0.330 e. The van der Waals surface area contributed by atoms with E-state index in [0.717, 1.165) is 17.7 Å². The molecule has 5 N–H and O–H groups in total. The average molecular weight is 564 g/mol. The Morgan fingerprint density at radius 3 is 2.44 bits per heavy atom. The maximum Gasteiger partial charge on any atom is 0.330 e. The largest absolute Gasteiger partial charge is 0.387 e. The standard InChI is InChI=1S/C27H45N7O4S/c1-17(2)34(18-10-9-12-32(16-18)38-25(37)26(3,4)5)23(35)19-14-21-22(15-20(19)29-6)39-27(30-7,31-8)24(36)33(21)13-11-28/h14-15,17-18,29-31H,9-13,16,28H2,1-8H3. The Morgan fingerprint density at radius 2 is 1.90 bits per heavy atom. The quantitative estimate of drug-likeness (QED) is 0.331. The van der Waals surface area contributed by atoms with Crippen molar-refractivity contribution in [3.05, 3.63) is 17.7 Å². The summed E-state index contributed by atoms with van der Waals surface area (Å²) in [6.07, 6.45) is 1.60. The predicted molar refractivity (Wildman–Crippen MR) is 156 cm³/mol. The fourth-order valence-corrected chi connectivity index (χ4v) is 6.17. The van der Waals surface area contributed by atoms with Crippen LogP contribution in [0.25, 0.3) is 0 Å². The van der Waals surface area contributed by atoms with Crippen LogP contribution in [0.4, 0.5) is 11.4 Å². The number of anilines is 2. The lowest BCUT2D eigenvalue weighted by Crippen LogP contribution is -2.64. The molecule has 1 unspecified atom stereocenters. The number of nitrogens with one attached hydrogen (secondary N) is 3. The minimum atomic E-state index is -1.04. The predicted octanol–water partition coefficient (Wildman–Crippen LogP) is 2.04. The molecule has 2 aliphatic rings. The van der Waals surface area contributed by atoms with Gasteiger partial charge in [0, 0.05) is 49.3 Å². The molecule has 1 atom stereocenters. The van der Waals surface area contributed by atoms with Gasteiger partial charge in [0.05, 0.1) is 23.2 Å². The van der Waals surface area contributed by atoms with Crippen LogP contribution in [0.2, 0.25) is 0 Å². The highest BCUT2D eigenvalue weighted by atomic mass is 32.2. The molecule has 218 valence electrons. The van der Waals surface area contributed by atoms with Crippen LogP contribution in [-0.4, -0.2) is 92.1 Å². The number of amides is 2. The Bertz CT molecular complexity index is 1070. The summed E-state index contributed by atoms with van der Waals surface area (Å²) < 4.78 is 0.